The summed E-state index contributed by atoms with van der Waals surface area (Å²) in [4.78, 5) is 4.46. The molecule has 3 nitrogen and oxygen atoms in total. The Kier molecular flexibility index (Phi) is 3.63. The predicted octanol–water partition coefficient (Wildman–Crippen LogP) is 3.40. The number of thiazole rings is 1. The van der Waals surface area contributed by atoms with Crippen molar-refractivity contribution in [2.75, 3.05) is 19.0 Å². The topological polar surface area (TPSA) is 34.1 Å². The van der Waals surface area contributed by atoms with Gasteiger partial charge < -0.3 is 10.1 Å². The highest BCUT2D eigenvalue weighted by molar-refractivity contribution is 7.22. The molecule has 1 atom stereocenters. The Labute approximate surface area is 103 Å². The van der Waals surface area contributed by atoms with E-state index in [0.717, 1.165) is 15.3 Å². The quantitative estimate of drug-likeness (QED) is 0.911. The van der Waals surface area contributed by atoms with Crippen LogP contribution in [0.15, 0.2) is 18.2 Å². The molecule has 1 aromatic carbocycles. The van der Waals surface area contributed by atoms with E-state index >= 15 is 0 Å². The van der Waals surface area contributed by atoms with E-state index in [1.54, 1.807) is 18.4 Å². The monoisotopic (exact) mass is 256 g/mol. The molecule has 2 aromatic rings. The number of hydrogen-bond donors (Lipinski definition) is 1. The van der Waals surface area contributed by atoms with E-state index < -0.39 is 0 Å². The van der Waals surface area contributed by atoms with Crippen molar-refractivity contribution in [1.82, 2.24) is 4.98 Å². The summed E-state index contributed by atoms with van der Waals surface area (Å²) in [5.74, 6) is 0. The van der Waals surface area contributed by atoms with Gasteiger partial charge in [0.2, 0.25) is 0 Å². The first-order chi connectivity index (χ1) is 7.69. The van der Waals surface area contributed by atoms with Crippen LogP contribution in [0.5, 0.6) is 0 Å². The molecule has 1 N–H and O–H groups in total. The van der Waals surface area contributed by atoms with Crippen LogP contribution in [0.25, 0.3) is 10.2 Å². The van der Waals surface area contributed by atoms with Crippen molar-refractivity contribution < 1.29 is 4.74 Å². The first-order valence-electron chi connectivity index (χ1n) is 5.00. The van der Waals surface area contributed by atoms with Crippen molar-refractivity contribution in [3.8, 4) is 0 Å². The van der Waals surface area contributed by atoms with Crippen LogP contribution in [-0.2, 0) is 4.74 Å². The average molecular weight is 257 g/mol. The summed E-state index contributed by atoms with van der Waals surface area (Å²) in [7, 11) is 1.69. The highest BCUT2D eigenvalue weighted by atomic mass is 35.5. The second-order valence-corrected chi connectivity index (χ2v) is 5.10. The molecule has 1 heterocycles. The number of halogens is 1. The van der Waals surface area contributed by atoms with Crippen molar-refractivity contribution >= 4 is 38.3 Å². The Morgan fingerprint density at radius 2 is 2.38 bits per heavy atom. The Bertz CT molecular complexity index is 486. The second-order valence-electron chi connectivity index (χ2n) is 3.63. The van der Waals surface area contributed by atoms with Gasteiger partial charge in [-0.2, -0.15) is 0 Å². The highest BCUT2D eigenvalue weighted by Crippen LogP contribution is 2.28. The van der Waals surface area contributed by atoms with Crippen molar-refractivity contribution in [3.63, 3.8) is 0 Å². The highest BCUT2D eigenvalue weighted by Gasteiger charge is 2.07. The number of anilines is 1. The first kappa shape index (κ1) is 11.6. The minimum absolute atomic E-state index is 0.251. The van der Waals surface area contributed by atoms with Crippen LogP contribution in [0, 0.1) is 0 Å². The molecule has 0 fully saturated rings. The molecule has 0 saturated carbocycles. The van der Waals surface area contributed by atoms with Gasteiger partial charge in [0.1, 0.15) is 0 Å². The molecular weight excluding hydrogens is 244 g/mol. The van der Waals surface area contributed by atoms with Gasteiger partial charge in [-0.25, -0.2) is 4.98 Å². The Morgan fingerprint density at radius 3 is 3.12 bits per heavy atom. The van der Waals surface area contributed by atoms with Crippen molar-refractivity contribution in [3.05, 3.63) is 23.2 Å². The number of aromatic nitrogens is 1. The molecule has 0 bridgehead atoms. The van der Waals surface area contributed by atoms with Gasteiger partial charge in [-0.3, -0.25) is 0 Å². The number of hydrogen-bond acceptors (Lipinski definition) is 4. The van der Waals surface area contributed by atoms with E-state index in [9.17, 15) is 0 Å². The lowest BCUT2D eigenvalue weighted by molar-refractivity contribution is 0.190. The Hall–Kier alpha value is -0.840. The number of nitrogens with one attached hydrogen (secondary N) is 1. The smallest absolute Gasteiger partial charge is 0.184 e. The molecule has 0 radical (unpaired) electrons. The zero-order chi connectivity index (χ0) is 11.5. The van der Waals surface area contributed by atoms with Crippen molar-refractivity contribution in [1.29, 1.82) is 0 Å². The molecule has 0 spiro atoms. The molecule has 1 aromatic heterocycles. The number of nitrogens with zero attached hydrogens (tertiary/aromatic N) is 1. The lowest BCUT2D eigenvalue weighted by atomic mass is 10.3. The summed E-state index contributed by atoms with van der Waals surface area (Å²) in [6.07, 6.45) is 0. The van der Waals surface area contributed by atoms with E-state index in [1.165, 1.54) is 0 Å². The lowest BCUT2D eigenvalue weighted by Gasteiger charge is -2.10. The number of ether oxygens (including phenoxy) is 1. The molecule has 86 valence electrons. The fraction of sp³-hybridized carbons (Fsp3) is 0.364. The first-order valence-corrected chi connectivity index (χ1v) is 6.20. The van der Waals surface area contributed by atoms with E-state index in [2.05, 4.69) is 17.2 Å². The summed E-state index contributed by atoms with van der Waals surface area (Å²) in [6.45, 7) is 2.72. The van der Waals surface area contributed by atoms with Crippen LogP contribution < -0.4 is 5.32 Å². The van der Waals surface area contributed by atoms with E-state index in [4.69, 9.17) is 16.3 Å². The molecule has 1 unspecified atom stereocenters. The van der Waals surface area contributed by atoms with Crippen molar-refractivity contribution in [2.45, 2.75) is 13.0 Å². The van der Waals surface area contributed by atoms with Gasteiger partial charge in [0.05, 0.1) is 16.8 Å². The number of benzene rings is 1. The largest absolute Gasteiger partial charge is 0.383 e. The summed E-state index contributed by atoms with van der Waals surface area (Å²) < 4.78 is 6.20. The van der Waals surface area contributed by atoms with Crippen LogP contribution in [0.1, 0.15) is 6.92 Å². The Morgan fingerprint density at radius 1 is 1.56 bits per heavy atom. The summed E-state index contributed by atoms with van der Waals surface area (Å²) >= 11 is 7.53. The lowest BCUT2D eigenvalue weighted by Crippen LogP contribution is -2.20. The van der Waals surface area contributed by atoms with Gasteiger partial charge in [0.15, 0.2) is 5.13 Å². The fourth-order valence-corrected chi connectivity index (χ4v) is 2.59. The van der Waals surface area contributed by atoms with Gasteiger partial charge in [0.25, 0.3) is 0 Å². The third-order valence-electron chi connectivity index (χ3n) is 2.14. The maximum Gasteiger partial charge on any atom is 0.184 e. The summed E-state index contributed by atoms with van der Waals surface area (Å²) in [5.41, 5.74) is 0.935. The molecule has 2 rings (SSSR count). The van der Waals surface area contributed by atoms with Crippen LogP contribution >= 0.6 is 22.9 Å². The van der Waals surface area contributed by atoms with Gasteiger partial charge >= 0.3 is 0 Å². The maximum absolute atomic E-state index is 5.91. The van der Waals surface area contributed by atoms with Gasteiger partial charge in [0, 0.05) is 18.2 Å². The fourth-order valence-electron chi connectivity index (χ4n) is 1.46. The molecule has 0 aliphatic carbocycles. The Balaban J connectivity index is 2.19. The molecule has 5 heteroatoms. The summed E-state index contributed by atoms with van der Waals surface area (Å²) in [6, 6.07) is 5.99. The van der Waals surface area contributed by atoms with E-state index in [1.807, 2.05) is 18.2 Å². The summed E-state index contributed by atoms with van der Waals surface area (Å²) in [5, 5.41) is 4.91. The standard InChI is InChI=1S/C11H13ClN2OS/c1-7(6-15-2)13-11-14-9-5-8(12)3-4-10(9)16-11/h3-5,7H,6H2,1-2H3,(H,13,14). The zero-order valence-corrected chi connectivity index (χ0v) is 10.7. The van der Waals surface area contributed by atoms with E-state index in [-0.39, 0.29) is 6.04 Å². The molecule has 0 aliphatic heterocycles. The van der Waals surface area contributed by atoms with Gasteiger partial charge in [-0.05, 0) is 25.1 Å². The van der Waals surface area contributed by atoms with Crippen LogP contribution in [0.4, 0.5) is 5.13 Å². The number of fused-ring (bicyclic) bond motifs is 1. The van der Waals surface area contributed by atoms with Crippen LogP contribution in [-0.4, -0.2) is 24.7 Å². The molecule has 0 saturated heterocycles. The molecular formula is C11H13ClN2OS. The number of methoxy groups -OCH3 is 1. The third kappa shape index (κ3) is 2.64. The average Bonchev–Trinajstić information content (AvgIpc) is 2.59. The maximum atomic E-state index is 5.91. The zero-order valence-electron chi connectivity index (χ0n) is 9.16. The van der Waals surface area contributed by atoms with Crippen LogP contribution in [0.2, 0.25) is 5.02 Å². The van der Waals surface area contributed by atoms with Gasteiger partial charge in [-0.15, -0.1) is 0 Å². The normalized spacial score (nSPS) is 12.9. The third-order valence-corrected chi connectivity index (χ3v) is 3.34. The SMILES string of the molecule is COCC(C)Nc1nc2cc(Cl)ccc2s1. The van der Waals surface area contributed by atoms with Crippen LogP contribution in [0.3, 0.4) is 0 Å². The second kappa shape index (κ2) is 4.99. The minimum Gasteiger partial charge on any atom is -0.383 e. The minimum atomic E-state index is 0.251. The van der Waals surface area contributed by atoms with E-state index in [0.29, 0.717) is 11.6 Å². The van der Waals surface area contributed by atoms with Gasteiger partial charge in [-0.1, -0.05) is 22.9 Å². The predicted molar refractivity (Wildman–Crippen MR) is 69.6 cm³/mol. The number of rotatable bonds is 4. The molecule has 0 aliphatic rings. The van der Waals surface area contributed by atoms with Crippen molar-refractivity contribution in [2.24, 2.45) is 0 Å². The molecule has 0 amide bonds. The molecule has 16 heavy (non-hydrogen) atoms.